The van der Waals surface area contributed by atoms with Crippen molar-refractivity contribution in [1.29, 1.82) is 0 Å². The molecule has 1 atom stereocenters. The van der Waals surface area contributed by atoms with Gasteiger partial charge >= 0.3 is 0 Å². The van der Waals surface area contributed by atoms with Gasteiger partial charge in [-0.25, -0.2) is 0 Å². The number of hydrogen-bond acceptors (Lipinski definition) is 2. The van der Waals surface area contributed by atoms with Crippen LogP contribution >= 0.6 is 0 Å². The van der Waals surface area contributed by atoms with Crippen molar-refractivity contribution >= 4 is 55.7 Å². The van der Waals surface area contributed by atoms with E-state index >= 15 is 0 Å². The lowest BCUT2D eigenvalue weighted by Gasteiger charge is -2.36. The van der Waals surface area contributed by atoms with Gasteiger partial charge in [0.05, 0.1) is 11.1 Å². The molecule has 0 bridgehead atoms. The average molecular weight is 751 g/mol. The van der Waals surface area contributed by atoms with Crippen LogP contribution in [-0.2, 0) is 5.41 Å². The first-order chi connectivity index (χ1) is 29.3. The van der Waals surface area contributed by atoms with Crippen molar-refractivity contribution in [3.8, 4) is 22.3 Å². The molecular formula is C57H38N2. The second-order valence-electron chi connectivity index (χ2n) is 15.6. The molecule has 2 aliphatic rings. The zero-order chi connectivity index (χ0) is 38.9. The molecule has 59 heavy (non-hydrogen) atoms. The Morgan fingerprint density at radius 2 is 0.780 bits per heavy atom. The number of nitrogens with zero attached hydrogens (tertiary/aromatic N) is 2. The fourth-order valence-electron chi connectivity index (χ4n) is 10.2. The zero-order valence-corrected chi connectivity index (χ0v) is 32.3. The van der Waals surface area contributed by atoms with E-state index in [-0.39, 0.29) is 0 Å². The molecule has 10 aromatic carbocycles. The third-order valence-corrected chi connectivity index (χ3v) is 12.6. The molecule has 2 nitrogen and oxygen atoms in total. The van der Waals surface area contributed by atoms with Gasteiger partial charge in [-0.3, -0.25) is 0 Å². The van der Waals surface area contributed by atoms with E-state index < -0.39 is 5.41 Å². The predicted molar refractivity (Wildman–Crippen MR) is 247 cm³/mol. The lowest BCUT2D eigenvalue weighted by Crippen LogP contribution is -2.28. The van der Waals surface area contributed by atoms with E-state index in [1.54, 1.807) is 0 Å². The fraction of sp³-hybridized carbons (Fsp3) is 0.0175. The smallest absolute Gasteiger partial charge is 0.0747 e. The Labute approximate surface area is 344 Å². The Morgan fingerprint density at radius 1 is 0.288 bits per heavy atom. The maximum Gasteiger partial charge on any atom is 0.0747 e. The number of hydrogen-bond donors (Lipinski definition) is 0. The van der Waals surface area contributed by atoms with Gasteiger partial charge in [0.1, 0.15) is 0 Å². The van der Waals surface area contributed by atoms with Crippen LogP contribution in [0.3, 0.4) is 0 Å². The van der Waals surface area contributed by atoms with Gasteiger partial charge in [-0.15, -0.1) is 0 Å². The van der Waals surface area contributed by atoms with Gasteiger partial charge in [0.2, 0.25) is 0 Å². The highest BCUT2D eigenvalue weighted by atomic mass is 15.2. The summed E-state index contributed by atoms with van der Waals surface area (Å²) in [6.45, 7) is 0. The minimum atomic E-state index is -0.629. The van der Waals surface area contributed by atoms with Crippen LogP contribution in [0.25, 0.3) is 43.8 Å². The molecule has 0 radical (unpaired) electrons. The summed E-state index contributed by atoms with van der Waals surface area (Å²) in [5.41, 5.74) is 16.5. The van der Waals surface area contributed by atoms with Gasteiger partial charge in [0.25, 0.3) is 0 Å². The van der Waals surface area contributed by atoms with Crippen molar-refractivity contribution < 1.29 is 0 Å². The van der Waals surface area contributed by atoms with Crippen LogP contribution in [0.5, 0.6) is 0 Å². The molecule has 0 saturated carbocycles. The molecule has 1 spiro atoms. The monoisotopic (exact) mass is 750 g/mol. The molecular weight excluding hydrogens is 713 g/mol. The van der Waals surface area contributed by atoms with Crippen molar-refractivity contribution in [2.45, 2.75) is 5.41 Å². The summed E-state index contributed by atoms with van der Waals surface area (Å²) in [6, 6.07) is 84.9. The predicted octanol–water partition coefficient (Wildman–Crippen LogP) is 15.3. The Morgan fingerprint density at radius 3 is 1.47 bits per heavy atom. The Bertz CT molecular complexity index is 3190. The first-order valence-corrected chi connectivity index (χ1v) is 20.4. The number of anilines is 6. The highest BCUT2D eigenvalue weighted by Gasteiger charge is 2.54. The second kappa shape index (κ2) is 13.2. The van der Waals surface area contributed by atoms with E-state index in [0.29, 0.717) is 0 Å². The summed E-state index contributed by atoms with van der Waals surface area (Å²) in [5, 5.41) is 4.92. The Balaban J connectivity index is 1.23. The molecule has 0 heterocycles. The molecule has 0 aromatic heterocycles. The van der Waals surface area contributed by atoms with Crippen LogP contribution in [0.2, 0.25) is 0 Å². The lowest BCUT2D eigenvalue weighted by molar-refractivity contribution is 0.793. The van der Waals surface area contributed by atoms with E-state index in [0.717, 1.165) is 28.4 Å². The normalized spacial score (nSPS) is 14.5. The van der Waals surface area contributed by atoms with Crippen molar-refractivity contribution in [2.75, 3.05) is 9.80 Å². The maximum atomic E-state index is 2.51. The van der Waals surface area contributed by atoms with Gasteiger partial charge < -0.3 is 9.80 Å². The van der Waals surface area contributed by atoms with E-state index in [1.807, 2.05) is 0 Å². The second-order valence-corrected chi connectivity index (χ2v) is 15.6. The standard InChI is InChI=1S/C57H38N2/c1-4-21-42(22-5-1)58(43-23-6-2-7-24-43)46-34-35-49-48-28-14-16-30-51(48)57(53(49)38-46)52-31-17-15-29-50(52)55-47-27-13-12-20-41(47)37-54(56(55)57)59(44-25-8-3-9-26-44)45-33-32-39-18-10-11-19-40(39)36-45/h1-38H. The van der Waals surface area contributed by atoms with Crippen molar-refractivity contribution in [3.05, 3.63) is 253 Å². The minimum absolute atomic E-state index is 0.629. The lowest BCUT2D eigenvalue weighted by atomic mass is 9.69. The van der Waals surface area contributed by atoms with Crippen molar-refractivity contribution in [1.82, 2.24) is 0 Å². The first-order valence-electron chi connectivity index (χ1n) is 20.4. The first kappa shape index (κ1) is 33.5. The third kappa shape index (κ3) is 4.93. The third-order valence-electron chi connectivity index (χ3n) is 12.6. The molecule has 0 saturated heterocycles. The van der Waals surface area contributed by atoms with Crippen LogP contribution in [0.15, 0.2) is 231 Å². The van der Waals surface area contributed by atoms with E-state index in [4.69, 9.17) is 0 Å². The van der Waals surface area contributed by atoms with Gasteiger partial charge in [-0.2, -0.15) is 0 Å². The number of para-hydroxylation sites is 3. The summed E-state index contributed by atoms with van der Waals surface area (Å²) < 4.78 is 0. The Kier molecular flexibility index (Phi) is 7.48. The molecule has 2 aliphatic carbocycles. The summed E-state index contributed by atoms with van der Waals surface area (Å²) >= 11 is 0. The van der Waals surface area contributed by atoms with E-state index in [9.17, 15) is 0 Å². The summed E-state index contributed by atoms with van der Waals surface area (Å²) in [6.07, 6.45) is 0. The quantitative estimate of drug-likeness (QED) is 0.167. The summed E-state index contributed by atoms with van der Waals surface area (Å²) in [4.78, 5) is 4.90. The van der Waals surface area contributed by atoms with Crippen LogP contribution < -0.4 is 9.80 Å². The Hall–Kier alpha value is -7.68. The SMILES string of the molecule is c1ccc(N(c2ccccc2)c2ccc3c(c2)C2(c4ccccc4-3)c3ccccc3-c3c2c(N(c2ccccc2)c2ccc4ccccc4c2)cc2ccccc32)cc1. The number of fused-ring (bicyclic) bond motifs is 13. The summed E-state index contributed by atoms with van der Waals surface area (Å²) in [5.74, 6) is 0. The van der Waals surface area contributed by atoms with Gasteiger partial charge in [-0.05, 0) is 127 Å². The topological polar surface area (TPSA) is 6.48 Å². The van der Waals surface area contributed by atoms with Crippen LogP contribution in [-0.4, -0.2) is 0 Å². The van der Waals surface area contributed by atoms with Crippen molar-refractivity contribution in [3.63, 3.8) is 0 Å². The molecule has 0 aliphatic heterocycles. The van der Waals surface area contributed by atoms with Gasteiger partial charge in [0, 0.05) is 34.0 Å². The number of rotatable bonds is 6. The molecule has 1 unspecified atom stereocenters. The van der Waals surface area contributed by atoms with Gasteiger partial charge in [-0.1, -0.05) is 164 Å². The fourth-order valence-corrected chi connectivity index (χ4v) is 10.2. The highest BCUT2D eigenvalue weighted by molar-refractivity contribution is 6.11. The maximum absolute atomic E-state index is 2.51. The van der Waals surface area contributed by atoms with Crippen LogP contribution in [0.1, 0.15) is 22.3 Å². The summed E-state index contributed by atoms with van der Waals surface area (Å²) in [7, 11) is 0. The zero-order valence-electron chi connectivity index (χ0n) is 32.3. The highest BCUT2D eigenvalue weighted by Crippen LogP contribution is 2.67. The molecule has 10 aromatic rings. The van der Waals surface area contributed by atoms with Crippen LogP contribution in [0.4, 0.5) is 34.1 Å². The van der Waals surface area contributed by atoms with E-state index in [2.05, 4.69) is 240 Å². The van der Waals surface area contributed by atoms with E-state index in [1.165, 1.54) is 71.7 Å². The number of benzene rings is 10. The molecule has 0 fully saturated rings. The molecule has 12 rings (SSSR count). The van der Waals surface area contributed by atoms with Crippen LogP contribution in [0, 0.1) is 0 Å². The average Bonchev–Trinajstić information content (AvgIpc) is 3.78. The van der Waals surface area contributed by atoms with Gasteiger partial charge in [0.15, 0.2) is 0 Å². The largest absolute Gasteiger partial charge is 0.310 e. The molecule has 0 N–H and O–H groups in total. The molecule has 276 valence electrons. The minimum Gasteiger partial charge on any atom is -0.310 e. The van der Waals surface area contributed by atoms with Crippen molar-refractivity contribution in [2.24, 2.45) is 0 Å². The molecule has 2 heteroatoms. The molecule has 0 amide bonds.